The lowest BCUT2D eigenvalue weighted by atomic mass is 9.79. The van der Waals surface area contributed by atoms with Crippen LogP contribution in [0.3, 0.4) is 0 Å². The van der Waals surface area contributed by atoms with Gasteiger partial charge in [0.2, 0.25) is 17.7 Å². The van der Waals surface area contributed by atoms with Crippen LogP contribution in [0.1, 0.15) is 64.2 Å². The maximum absolute atomic E-state index is 12.6. The minimum atomic E-state index is -0.130. The fraction of sp³-hybridized carbons (Fsp3) is 0.864. The zero-order valence-electron chi connectivity index (χ0n) is 17.5. The number of quaternary nitrogens is 1. The number of rotatable bonds is 6. The Kier molecular flexibility index (Phi) is 6.54. The number of carbonyl (C=O) groups excluding carboxylic acids is 3. The maximum atomic E-state index is 12.6. The Bertz CT molecular complexity index is 602. The van der Waals surface area contributed by atoms with E-state index in [2.05, 4.69) is 5.32 Å². The Labute approximate surface area is 173 Å². The number of imide groups is 1. The van der Waals surface area contributed by atoms with Gasteiger partial charge in [-0.2, -0.15) is 0 Å². The van der Waals surface area contributed by atoms with Crippen LogP contribution in [0.4, 0.5) is 0 Å². The highest BCUT2D eigenvalue weighted by atomic mass is 16.5. The lowest BCUT2D eigenvalue weighted by Crippen LogP contribution is -3.23. The lowest BCUT2D eigenvalue weighted by molar-refractivity contribution is -0.960. The van der Waals surface area contributed by atoms with Gasteiger partial charge in [0.25, 0.3) is 0 Å². The van der Waals surface area contributed by atoms with Crippen LogP contribution in [0, 0.1) is 11.8 Å². The van der Waals surface area contributed by atoms with Crippen LogP contribution in [0.5, 0.6) is 0 Å². The van der Waals surface area contributed by atoms with Crippen LogP contribution in [0.15, 0.2) is 0 Å². The third kappa shape index (κ3) is 4.36. The molecule has 2 N–H and O–H groups in total. The smallest absolute Gasteiger partial charge is 0.233 e. The number of carbonyl (C=O) groups is 3. The first kappa shape index (κ1) is 20.8. The van der Waals surface area contributed by atoms with Gasteiger partial charge in [0.1, 0.15) is 18.6 Å². The summed E-state index contributed by atoms with van der Waals surface area (Å²) in [6, 6.07) is 0. The molecule has 2 heterocycles. The summed E-state index contributed by atoms with van der Waals surface area (Å²) in [5, 5.41) is 3.16. The number of nitrogens with zero attached hydrogens (tertiary/aromatic N) is 1. The first-order valence-electron chi connectivity index (χ1n) is 11.7. The van der Waals surface area contributed by atoms with Crippen LogP contribution in [0.25, 0.3) is 0 Å². The van der Waals surface area contributed by atoms with E-state index in [-0.39, 0.29) is 48.1 Å². The van der Waals surface area contributed by atoms with Gasteiger partial charge in [0, 0.05) is 25.8 Å². The van der Waals surface area contributed by atoms with Gasteiger partial charge in [-0.05, 0) is 25.7 Å². The summed E-state index contributed by atoms with van der Waals surface area (Å²) >= 11 is 0. The molecule has 0 radical (unpaired) electrons. The summed E-state index contributed by atoms with van der Waals surface area (Å²) in [6.07, 6.45) is 9.93. The molecule has 2 saturated heterocycles. The Balaban J connectivity index is 1.29. The van der Waals surface area contributed by atoms with Crippen molar-refractivity contribution in [3.05, 3.63) is 0 Å². The first-order chi connectivity index (χ1) is 14.1. The van der Waals surface area contributed by atoms with Gasteiger partial charge >= 0.3 is 0 Å². The number of nitrogens with one attached hydrogen (secondary N) is 2. The van der Waals surface area contributed by atoms with Gasteiger partial charge in [0.05, 0.1) is 31.6 Å². The topological polar surface area (TPSA) is 80.2 Å². The van der Waals surface area contributed by atoms with Gasteiger partial charge in [-0.15, -0.1) is 0 Å². The zero-order chi connectivity index (χ0) is 20.3. The molecule has 0 spiro atoms. The number of amides is 3. The highest BCUT2D eigenvalue weighted by Gasteiger charge is 2.48. The Morgan fingerprint density at radius 2 is 1.62 bits per heavy atom. The van der Waals surface area contributed by atoms with Gasteiger partial charge in [-0.1, -0.05) is 19.3 Å². The number of likely N-dealkylation sites (tertiary alicyclic amines) is 1. The van der Waals surface area contributed by atoms with Gasteiger partial charge in [-0.25, -0.2) is 0 Å². The maximum Gasteiger partial charge on any atom is 0.233 e. The van der Waals surface area contributed by atoms with Crippen LogP contribution in [0.2, 0.25) is 0 Å². The average Bonchev–Trinajstić information content (AvgIpc) is 3.02. The summed E-state index contributed by atoms with van der Waals surface area (Å²) in [4.78, 5) is 40.7. The second-order valence-corrected chi connectivity index (χ2v) is 9.41. The Morgan fingerprint density at radius 1 is 1.00 bits per heavy atom. The van der Waals surface area contributed by atoms with E-state index in [9.17, 15) is 14.4 Å². The summed E-state index contributed by atoms with van der Waals surface area (Å²) in [7, 11) is 0. The molecule has 0 aromatic carbocycles. The molecule has 2 saturated carbocycles. The minimum Gasteiger partial charge on any atom is -0.370 e. The van der Waals surface area contributed by atoms with Crippen molar-refractivity contribution < 1.29 is 24.0 Å². The van der Waals surface area contributed by atoms with Gasteiger partial charge < -0.3 is 15.0 Å². The van der Waals surface area contributed by atoms with Crippen molar-refractivity contribution in [2.75, 3.05) is 39.4 Å². The van der Waals surface area contributed by atoms with Crippen LogP contribution in [-0.4, -0.2) is 67.6 Å². The molecule has 2 aliphatic heterocycles. The third-order valence-corrected chi connectivity index (χ3v) is 7.78. The van der Waals surface area contributed by atoms with Crippen molar-refractivity contribution >= 4 is 17.7 Å². The fourth-order valence-corrected chi connectivity index (χ4v) is 6.05. The van der Waals surface area contributed by atoms with E-state index in [0.717, 1.165) is 64.8 Å². The van der Waals surface area contributed by atoms with Crippen molar-refractivity contribution in [1.82, 2.24) is 10.2 Å². The van der Waals surface area contributed by atoms with Crippen LogP contribution >= 0.6 is 0 Å². The molecule has 3 amide bonds. The molecule has 0 bridgehead atoms. The van der Waals surface area contributed by atoms with Crippen LogP contribution in [-0.2, 0) is 19.1 Å². The van der Waals surface area contributed by atoms with E-state index in [0.29, 0.717) is 6.54 Å². The van der Waals surface area contributed by atoms with E-state index in [1.807, 2.05) is 0 Å². The zero-order valence-corrected chi connectivity index (χ0v) is 17.5. The number of fused-ring (bicyclic) bond motifs is 1. The van der Waals surface area contributed by atoms with Gasteiger partial charge in [-0.3, -0.25) is 19.3 Å². The largest absolute Gasteiger partial charge is 0.370 e. The van der Waals surface area contributed by atoms with Crippen molar-refractivity contribution in [3.8, 4) is 0 Å². The molecule has 0 aromatic heterocycles. The second kappa shape index (κ2) is 9.13. The molecule has 0 unspecified atom stereocenters. The van der Waals surface area contributed by atoms with Crippen molar-refractivity contribution in [1.29, 1.82) is 0 Å². The molecule has 7 nitrogen and oxygen atoms in total. The number of hydrogen-bond donors (Lipinski definition) is 2. The van der Waals surface area contributed by atoms with E-state index >= 15 is 0 Å². The molecular formula is C22H36N3O4+. The Morgan fingerprint density at radius 3 is 2.24 bits per heavy atom. The van der Waals surface area contributed by atoms with E-state index in [1.54, 1.807) is 4.90 Å². The van der Waals surface area contributed by atoms with Gasteiger partial charge in [0.15, 0.2) is 0 Å². The average molecular weight is 407 g/mol. The molecule has 7 heteroatoms. The normalized spacial score (nSPS) is 30.3. The summed E-state index contributed by atoms with van der Waals surface area (Å²) < 4.78 is 5.54. The number of ether oxygens (including phenoxy) is 1. The van der Waals surface area contributed by atoms with Crippen molar-refractivity contribution in [2.24, 2.45) is 11.8 Å². The standard InChI is InChI=1S/C22H35N3O4/c26-19(8-11-25-20(27)17-6-2-3-7-18(17)21(25)28)23-16-22(9-4-1-5-10-22)24-12-14-29-15-13-24/h17-18H,1-16H2,(H,23,26)/p+1/t17-,18-/m1/s1. The molecule has 4 aliphatic rings. The van der Waals surface area contributed by atoms with Crippen LogP contribution < -0.4 is 10.2 Å². The fourth-order valence-electron chi connectivity index (χ4n) is 6.05. The SMILES string of the molecule is O=C(CCN1C(=O)[C@@H]2CCCC[C@H]2C1=O)NCC1([NH+]2CCOCC2)CCCCC1. The summed E-state index contributed by atoms with van der Waals surface area (Å²) in [5.41, 5.74) is 0.117. The second-order valence-electron chi connectivity index (χ2n) is 9.41. The Hall–Kier alpha value is -1.47. The highest BCUT2D eigenvalue weighted by molar-refractivity contribution is 6.05. The summed E-state index contributed by atoms with van der Waals surface area (Å²) in [5.74, 6) is -0.398. The van der Waals surface area contributed by atoms with E-state index in [4.69, 9.17) is 4.74 Å². The van der Waals surface area contributed by atoms with Crippen molar-refractivity contribution in [2.45, 2.75) is 69.7 Å². The van der Waals surface area contributed by atoms with E-state index in [1.165, 1.54) is 24.2 Å². The number of morpholine rings is 1. The first-order valence-corrected chi connectivity index (χ1v) is 11.7. The quantitative estimate of drug-likeness (QED) is 0.622. The molecule has 0 aromatic rings. The molecular weight excluding hydrogens is 370 g/mol. The summed E-state index contributed by atoms with van der Waals surface area (Å²) in [6.45, 7) is 4.53. The predicted molar refractivity (Wildman–Crippen MR) is 107 cm³/mol. The predicted octanol–water partition coefficient (Wildman–Crippen LogP) is 0.286. The molecule has 4 rings (SSSR count). The molecule has 162 valence electrons. The molecule has 2 aliphatic carbocycles. The molecule has 4 fully saturated rings. The minimum absolute atomic E-state index is 0.0434. The van der Waals surface area contributed by atoms with E-state index < -0.39 is 0 Å². The molecule has 2 atom stereocenters. The third-order valence-electron chi connectivity index (χ3n) is 7.78. The number of hydrogen-bond acceptors (Lipinski definition) is 4. The highest BCUT2D eigenvalue weighted by Crippen LogP contribution is 2.38. The lowest BCUT2D eigenvalue weighted by Gasteiger charge is -2.45. The molecule has 29 heavy (non-hydrogen) atoms. The monoisotopic (exact) mass is 406 g/mol. The van der Waals surface area contributed by atoms with Crippen molar-refractivity contribution in [3.63, 3.8) is 0 Å².